The van der Waals surface area contributed by atoms with Crippen LogP contribution in [0.2, 0.25) is 0 Å². The minimum atomic E-state index is -4.34. The zero-order valence-electron chi connectivity index (χ0n) is 10.2. The summed E-state index contributed by atoms with van der Waals surface area (Å²) < 4.78 is 36.6. The number of hydrogen-bond acceptors (Lipinski definition) is 5. The minimum absolute atomic E-state index is 0. The maximum Gasteiger partial charge on any atom is 1.00 e. The average Bonchev–Trinajstić information content (AvgIpc) is 2.11. The molecule has 92 valence electrons. The second-order valence-corrected chi connectivity index (χ2v) is 5.07. The van der Waals surface area contributed by atoms with Crippen molar-refractivity contribution in [1.82, 2.24) is 0 Å². The van der Waals surface area contributed by atoms with Crippen molar-refractivity contribution in [3.8, 4) is 0 Å². The van der Waals surface area contributed by atoms with E-state index < -0.39 is 28.6 Å². The Labute approximate surface area is 120 Å². The smallest absolute Gasteiger partial charge is 0.748 e. The average molecular weight is 262 g/mol. The second-order valence-electron chi connectivity index (χ2n) is 3.62. The van der Waals surface area contributed by atoms with E-state index in [4.69, 9.17) is 9.84 Å². The first-order valence-corrected chi connectivity index (χ1v) is 6.66. The van der Waals surface area contributed by atoms with Gasteiger partial charge in [0.15, 0.2) is 0 Å². The van der Waals surface area contributed by atoms with Crippen LogP contribution in [0.5, 0.6) is 0 Å². The Bertz CT molecular complexity index is 255. The van der Waals surface area contributed by atoms with Crippen molar-refractivity contribution in [2.24, 2.45) is 0 Å². The third-order valence-corrected chi connectivity index (χ3v) is 2.76. The summed E-state index contributed by atoms with van der Waals surface area (Å²) in [6.45, 7) is 3.39. The first kappa shape index (κ1) is 19.2. The summed E-state index contributed by atoms with van der Waals surface area (Å²) in [5.41, 5.74) is 0. The Morgan fingerprint density at radius 3 is 2.38 bits per heavy atom. The maximum atomic E-state index is 10.4. The molecule has 0 saturated carbocycles. The van der Waals surface area contributed by atoms with Crippen LogP contribution in [0.3, 0.4) is 0 Å². The molecule has 2 atom stereocenters. The van der Waals surface area contributed by atoms with Gasteiger partial charge in [0, 0.05) is 0 Å². The van der Waals surface area contributed by atoms with E-state index in [1.807, 2.05) is 6.92 Å². The fourth-order valence-electron chi connectivity index (χ4n) is 1.25. The second kappa shape index (κ2) is 9.82. The van der Waals surface area contributed by atoms with Gasteiger partial charge in [-0.3, -0.25) is 0 Å². The molecule has 0 aliphatic heterocycles. The third-order valence-electron chi connectivity index (χ3n) is 1.98. The molecule has 0 spiro atoms. The third kappa shape index (κ3) is 11.3. The van der Waals surface area contributed by atoms with Gasteiger partial charge in [-0.25, -0.2) is 8.42 Å². The van der Waals surface area contributed by atoms with Gasteiger partial charge in [-0.15, -0.1) is 0 Å². The van der Waals surface area contributed by atoms with Gasteiger partial charge in [0.05, 0.1) is 34.7 Å². The van der Waals surface area contributed by atoms with E-state index in [2.05, 4.69) is 0 Å². The van der Waals surface area contributed by atoms with Crippen LogP contribution in [-0.4, -0.2) is 42.6 Å². The molecule has 0 aromatic rings. The van der Waals surface area contributed by atoms with Crippen molar-refractivity contribution in [1.29, 1.82) is 0 Å². The van der Waals surface area contributed by atoms with Crippen LogP contribution in [0.15, 0.2) is 0 Å². The zero-order valence-corrected chi connectivity index (χ0v) is 13.0. The summed E-state index contributed by atoms with van der Waals surface area (Å²) in [4.78, 5) is 0. The molecule has 0 aliphatic carbocycles. The van der Waals surface area contributed by atoms with E-state index in [9.17, 15) is 13.0 Å². The molecule has 0 radical (unpaired) electrons. The van der Waals surface area contributed by atoms with Gasteiger partial charge in [-0.05, 0) is 13.3 Å². The maximum absolute atomic E-state index is 10.4. The zero-order chi connectivity index (χ0) is 11.9. The van der Waals surface area contributed by atoms with Gasteiger partial charge in [0.2, 0.25) is 0 Å². The molecule has 2 unspecified atom stereocenters. The van der Waals surface area contributed by atoms with Crippen LogP contribution >= 0.6 is 0 Å². The van der Waals surface area contributed by atoms with Crippen molar-refractivity contribution in [3.05, 3.63) is 0 Å². The Balaban J connectivity index is 0. The standard InChI is InChI=1S/C9H20O5S.Na/c1-3-4-5-8(2)14-9(6-10)7-15(11,12)13;/h8-10H,3-7H2,1-2H3,(H,11,12,13);/q;+1/p-1. The van der Waals surface area contributed by atoms with E-state index in [1.165, 1.54) is 0 Å². The summed E-state index contributed by atoms with van der Waals surface area (Å²) in [6, 6.07) is 0. The van der Waals surface area contributed by atoms with Gasteiger partial charge in [0.1, 0.15) is 0 Å². The predicted molar refractivity (Wildman–Crippen MR) is 55.5 cm³/mol. The van der Waals surface area contributed by atoms with Crippen molar-refractivity contribution in [3.63, 3.8) is 0 Å². The summed E-state index contributed by atoms with van der Waals surface area (Å²) in [5, 5.41) is 8.84. The molecule has 0 heterocycles. The van der Waals surface area contributed by atoms with E-state index in [0.717, 1.165) is 19.3 Å². The molecular formula is C9H19NaO5S. The summed E-state index contributed by atoms with van der Waals surface area (Å²) in [5.74, 6) is -0.667. The molecule has 5 nitrogen and oxygen atoms in total. The number of aliphatic hydroxyl groups is 1. The normalized spacial score (nSPS) is 15.2. The van der Waals surface area contributed by atoms with Crippen molar-refractivity contribution >= 4 is 10.1 Å². The Morgan fingerprint density at radius 1 is 1.44 bits per heavy atom. The molecule has 1 N–H and O–H groups in total. The number of rotatable bonds is 8. The fraction of sp³-hybridized carbons (Fsp3) is 1.00. The molecule has 0 amide bonds. The van der Waals surface area contributed by atoms with Crippen LogP contribution in [-0.2, 0) is 14.9 Å². The molecule has 0 bridgehead atoms. The van der Waals surface area contributed by atoms with E-state index >= 15 is 0 Å². The first-order chi connectivity index (χ1) is 6.89. The Hall–Kier alpha value is 0.830. The van der Waals surface area contributed by atoms with Gasteiger partial charge in [-0.2, -0.15) is 0 Å². The van der Waals surface area contributed by atoms with Gasteiger partial charge in [0.25, 0.3) is 0 Å². The topological polar surface area (TPSA) is 86.7 Å². The molecule has 0 aromatic carbocycles. The molecule has 0 rings (SSSR count). The number of ether oxygens (including phenoxy) is 1. The number of hydrogen-bond donors (Lipinski definition) is 1. The summed E-state index contributed by atoms with van der Waals surface area (Å²) >= 11 is 0. The Kier molecular flexibility index (Phi) is 11.8. The largest absolute Gasteiger partial charge is 1.00 e. The quantitative estimate of drug-likeness (QED) is 0.386. The van der Waals surface area contributed by atoms with E-state index in [0.29, 0.717) is 0 Å². The molecule has 0 saturated heterocycles. The van der Waals surface area contributed by atoms with Crippen LogP contribution in [0.1, 0.15) is 33.1 Å². The van der Waals surface area contributed by atoms with Crippen LogP contribution in [0.25, 0.3) is 0 Å². The van der Waals surface area contributed by atoms with Gasteiger partial charge < -0.3 is 14.4 Å². The fourth-order valence-corrected chi connectivity index (χ4v) is 1.89. The predicted octanol–water partition coefficient (Wildman–Crippen LogP) is -2.51. The van der Waals surface area contributed by atoms with Crippen LogP contribution in [0, 0.1) is 0 Å². The number of aliphatic hydroxyl groups excluding tert-OH is 1. The minimum Gasteiger partial charge on any atom is -0.748 e. The van der Waals surface area contributed by atoms with Crippen molar-refractivity contribution in [2.45, 2.75) is 45.3 Å². The van der Waals surface area contributed by atoms with E-state index in [-0.39, 0.29) is 35.7 Å². The van der Waals surface area contributed by atoms with Crippen molar-refractivity contribution < 1.29 is 52.4 Å². The monoisotopic (exact) mass is 262 g/mol. The summed E-state index contributed by atoms with van der Waals surface area (Å²) in [6.07, 6.45) is 1.76. The van der Waals surface area contributed by atoms with Crippen LogP contribution in [0.4, 0.5) is 0 Å². The first-order valence-electron chi connectivity index (χ1n) is 5.09. The van der Waals surface area contributed by atoms with E-state index in [1.54, 1.807) is 6.92 Å². The number of unbranched alkanes of at least 4 members (excludes halogenated alkanes) is 1. The Morgan fingerprint density at radius 2 is 2.00 bits per heavy atom. The van der Waals surface area contributed by atoms with Gasteiger partial charge in [-0.1, -0.05) is 19.8 Å². The SMILES string of the molecule is CCCCC(C)OC(CO)CS(=O)(=O)[O-].[Na+]. The van der Waals surface area contributed by atoms with Crippen LogP contribution < -0.4 is 29.6 Å². The van der Waals surface area contributed by atoms with Gasteiger partial charge >= 0.3 is 29.6 Å². The molecule has 0 aliphatic rings. The summed E-state index contributed by atoms with van der Waals surface area (Å²) in [7, 11) is -4.34. The molecule has 0 fully saturated rings. The molecule has 16 heavy (non-hydrogen) atoms. The molecule has 0 aromatic heterocycles. The van der Waals surface area contributed by atoms with Crippen molar-refractivity contribution in [2.75, 3.05) is 12.4 Å². The molecular weight excluding hydrogens is 243 g/mol. The molecule has 7 heteroatoms.